The first-order valence-electron chi connectivity index (χ1n) is 13.3. The molecule has 0 saturated carbocycles. The summed E-state index contributed by atoms with van der Waals surface area (Å²) < 4.78 is 11.0. The lowest BCUT2D eigenvalue weighted by Crippen LogP contribution is -2.49. The molecule has 5 rings (SSSR count). The molecule has 2 aromatic heterocycles. The molecule has 40 heavy (non-hydrogen) atoms. The number of primary amides is 1. The third-order valence-electron chi connectivity index (χ3n) is 7.40. The van der Waals surface area contributed by atoms with Crippen LogP contribution >= 0.6 is 11.3 Å². The van der Waals surface area contributed by atoms with Gasteiger partial charge in [0.15, 0.2) is 11.5 Å². The van der Waals surface area contributed by atoms with E-state index in [1.165, 1.54) is 11.3 Å². The molecule has 2 aliphatic heterocycles. The fourth-order valence-corrected chi connectivity index (χ4v) is 5.65. The van der Waals surface area contributed by atoms with E-state index in [0.29, 0.717) is 30.8 Å². The van der Waals surface area contributed by atoms with Gasteiger partial charge in [-0.2, -0.15) is 0 Å². The minimum atomic E-state index is -0.487. The Hall–Kier alpha value is -3.87. The Kier molecular flexibility index (Phi) is 8.68. The Labute approximate surface area is 237 Å². The normalized spacial score (nSPS) is 16.0. The smallest absolute Gasteiger partial charge is 0.315 e. The Bertz CT molecular complexity index is 1320. The van der Waals surface area contributed by atoms with Gasteiger partial charge in [-0.25, -0.2) is 4.79 Å². The average molecular weight is 566 g/mol. The van der Waals surface area contributed by atoms with Gasteiger partial charge >= 0.3 is 6.03 Å². The van der Waals surface area contributed by atoms with Crippen LogP contribution in [-0.2, 0) is 6.42 Å². The molecule has 0 aliphatic carbocycles. The number of fused-ring (bicyclic) bond motifs is 1. The van der Waals surface area contributed by atoms with E-state index in [1.54, 1.807) is 27.9 Å². The number of pyridine rings is 1. The fraction of sp³-hybridized carbons (Fsp3) is 0.393. The third-order valence-corrected chi connectivity index (χ3v) is 8.16. The van der Waals surface area contributed by atoms with Crippen LogP contribution in [-0.4, -0.2) is 84.7 Å². The van der Waals surface area contributed by atoms with E-state index in [0.717, 1.165) is 55.3 Å². The summed E-state index contributed by atoms with van der Waals surface area (Å²) in [5, 5.41) is 6.33. The van der Waals surface area contributed by atoms with Crippen molar-refractivity contribution in [1.29, 1.82) is 0 Å². The number of aryl methyl sites for hydroxylation is 1. The van der Waals surface area contributed by atoms with Crippen molar-refractivity contribution >= 4 is 34.6 Å². The summed E-state index contributed by atoms with van der Waals surface area (Å²) in [4.78, 5) is 36.3. The molecule has 3 amide bonds. The summed E-state index contributed by atoms with van der Waals surface area (Å²) in [6.07, 6.45) is 2.95. The van der Waals surface area contributed by atoms with Crippen LogP contribution in [0.1, 0.15) is 34.1 Å². The molecular weight excluding hydrogens is 530 g/mol. The second-order valence-corrected chi connectivity index (χ2v) is 10.8. The number of anilines is 2. The van der Waals surface area contributed by atoms with E-state index >= 15 is 0 Å². The van der Waals surface area contributed by atoms with Crippen molar-refractivity contribution in [3.05, 3.63) is 64.1 Å². The predicted octanol–water partition coefficient (Wildman–Crippen LogP) is 3.01. The quantitative estimate of drug-likeness (QED) is 0.341. The zero-order valence-electron chi connectivity index (χ0n) is 22.5. The molecule has 2 aliphatic rings. The summed E-state index contributed by atoms with van der Waals surface area (Å²) >= 11 is 1.41. The third kappa shape index (κ3) is 6.64. The number of carbonyl (C=O) groups is 2. The highest BCUT2D eigenvalue weighted by Crippen LogP contribution is 2.34. The fourth-order valence-electron chi connectivity index (χ4n) is 4.97. The minimum absolute atomic E-state index is 0.216. The molecule has 12 heteroatoms. The number of amides is 3. The largest absolute Gasteiger partial charge is 0.454 e. The number of piperazine rings is 1. The number of hydrogen-bond donors (Lipinski definition) is 3. The van der Waals surface area contributed by atoms with Gasteiger partial charge in [-0.1, -0.05) is 12.1 Å². The first-order valence-corrected chi connectivity index (χ1v) is 14.3. The van der Waals surface area contributed by atoms with Crippen LogP contribution in [0.25, 0.3) is 0 Å². The zero-order chi connectivity index (χ0) is 28.1. The van der Waals surface area contributed by atoms with Crippen molar-refractivity contribution in [3.8, 4) is 11.5 Å². The average Bonchev–Trinajstić information content (AvgIpc) is 3.59. The molecule has 5 N–H and O–H groups in total. The van der Waals surface area contributed by atoms with E-state index in [4.69, 9.17) is 20.9 Å². The topological polar surface area (TPSA) is 139 Å². The molecule has 1 saturated heterocycles. The first kappa shape index (κ1) is 27.7. The lowest BCUT2D eigenvalue weighted by Gasteiger charge is -2.36. The van der Waals surface area contributed by atoms with E-state index in [-0.39, 0.29) is 24.4 Å². The van der Waals surface area contributed by atoms with Crippen molar-refractivity contribution in [1.82, 2.24) is 19.7 Å². The van der Waals surface area contributed by atoms with Crippen LogP contribution in [0.2, 0.25) is 0 Å². The predicted molar refractivity (Wildman–Crippen MR) is 155 cm³/mol. The molecule has 1 aromatic carbocycles. The monoisotopic (exact) mass is 565 g/mol. The van der Waals surface area contributed by atoms with Gasteiger partial charge in [0.05, 0.1) is 17.4 Å². The van der Waals surface area contributed by atoms with Gasteiger partial charge < -0.3 is 36.1 Å². The number of nitrogens with zero attached hydrogens (tertiary/aromatic N) is 4. The molecule has 0 bridgehead atoms. The van der Waals surface area contributed by atoms with Gasteiger partial charge in [0.2, 0.25) is 6.79 Å². The molecule has 212 valence electrons. The SMILES string of the molecule is CN1CCN(CCN(C(N)=O)C(CCc2ccc3c(c2)OCO3)c2ccc(C(=O)Nc3cscc3N)nc2)CC1. The number of nitrogens with two attached hydrogens (primary N) is 2. The maximum Gasteiger partial charge on any atom is 0.315 e. The lowest BCUT2D eigenvalue weighted by molar-refractivity contribution is 0.102. The highest BCUT2D eigenvalue weighted by Gasteiger charge is 2.26. The summed E-state index contributed by atoms with van der Waals surface area (Å²) in [6.45, 7) is 5.32. The molecule has 4 heterocycles. The Morgan fingerprint density at radius 3 is 2.62 bits per heavy atom. The minimum Gasteiger partial charge on any atom is -0.454 e. The van der Waals surface area contributed by atoms with Crippen LogP contribution in [0.4, 0.5) is 16.2 Å². The van der Waals surface area contributed by atoms with E-state index in [1.807, 2.05) is 24.3 Å². The number of aromatic nitrogens is 1. The Balaban J connectivity index is 1.33. The Morgan fingerprint density at radius 1 is 1.12 bits per heavy atom. The number of ether oxygens (including phenoxy) is 2. The van der Waals surface area contributed by atoms with Gasteiger partial charge in [-0.3, -0.25) is 14.7 Å². The van der Waals surface area contributed by atoms with Crippen LogP contribution in [0, 0.1) is 0 Å². The van der Waals surface area contributed by atoms with Gasteiger partial charge in [0.25, 0.3) is 5.91 Å². The van der Waals surface area contributed by atoms with Gasteiger partial charge in [-0.05, 0) is 49.2 Å². The molecule has 1 atom stereocenters. The van der Waals surface area contributed by atoms with E-state index in [9.17, 15) is 9.59 Å². The van der Waals surface area contributed by atoms with Crippen molar-refractivity contribution in [2.45, 2.75) is 18.9 Å². The maximum absolute atomic E-state index is 12.8. The number of nitrogens with one attached hydrogen (secondary N) is 1. The number of thiophene rings is 1. The van der Waals surface area contributed by atoms with Crippen molar-refractivity contribution < 1.29 is 19.1 Å². The van der Waals surface area contributed by atoms with E-state index < -0.39 is 6.03 Å². The Morgan fingerprint density at radius 2 is 1.93 bits per heavy atom. The standard InChI is InChI=1S/C28H35N7O4S/c1-33-8-10-34(11-9-33)12-13-35(28(30)37)24(6-2-19-3-7-25-26(14-19)39-18-38-25)20-4-5-22(31-15-20)27(36)32-23-17-40-16-21(23)29/h3-5,7,14-17,24H,2,6,8-13,18,29H2,1H3,(H2,30,37)(H,32,36). The van der Waals surface area contributed by atoms with Crippen LogP contribution in [0.5, 0.6) is 11.5 Å². The van der Waals surface area contributed by atoms with Crippen LogP contribution in [0.15, 0.2) is 47.3 Å². The van der Waals surface area contributed by atoms with Crippen molar-refractivity contribution in [3.63, 3.8) is 0 Å². The number of nitrogen functional groups attached to an aromatic ring is 1. The van der Waals surface area contributed by atoms with Gasteiger partial charge in [0, 0.05) is 56.2 Å². The molecule has 1 unspecified atom stereocenters. The number of benzene rings is 1. The molecule has 0 spiro atoms. The summed E-state index contributed by atoms with van der Waals surface area (Å²) in [6, 6.07) is 8.58. The zero-order valence-corrected chi connectivity index (χ0v) is 23.4. The molecule has 1 fully saturated rings. The van der Waals surface area contributed by atoms with Crippen LogP contribution < -0.4 is 26.3 Å². The number of urea groups is 1. The molecule has 11 nitrogen and oxygen atoms in total. The van der Waals surface area contributed by atoms with Crippen molar-refractivity contribution in [2.24, 2.45) is 5.73 Å². The van der Waals surface area contributed by atoms with Gasteiger partial charge in [0.1, 0.15) is 5.69 Å². The summed E-state index contributed by atoms with van der Waals surface area (Å²) in [5.41, 5.74) is 15.1. The number of hydrogen-bond acceptors (Lipinski definition) is 9. The highest BCUT2D eigenvalue weighted by atomic mass is 32.1. The second kappa shape index (κ2) is 12.5. The van der Waals surface area contributed by atoms with E-state index in [2.05, 4.69) is 27.1 Å². The van der Waals surface area contributed by atoms with Gasteiger partial charge in [-0.15, -0.1) is 11.3 Å². The number of carbonyl (C=O) groups excluding carboxylic acids is 2. The molecule has 3 aromatic rings. The first-order chi connectivity index (χ1) is 19.4. The summed E-state index contributed by atoms with van der Waals surface area (Å²) in [5.74, 6) is 1.10. The summed E-state index contributed by atoms with van der Waals surface area (Å²) in [7, 11) is 2.12. The second-order valence-electron chi connectivity index (χ2n) is 10.1. The lowest BCUT2D eigenvalue weighted by atomic mass is 9.98. The molecule has 0 radical (unpaired) electrons. The number of rotatable bonds is 10. The number of likely N-dealkylation sites (N-methyl/N-ethyl adjacent to an activating group) is 1. The van der Waals surface area contributed by atoms with Crippen LogP contribution in [0.3, 0.4) is 0 Å². The highest BCUT2D eigenvalue weighted by molar-refractivity contribution is 7.09. The van der Waals surface area contributed by atoms with Crippen molar-refractivity contribution in [2.75, 3.05) is 64.2 Å². The molecular formula is C28H35N7O4S. The maximum atomic E-state index is 12.8.